The average molecular weight is 411 g/mol. The van der Waals surface area contributed by atoms with Gasteiger partial charge in [-0.1, -0.05) is 35.4 Å². The molecule has 3 rings (SSSR count). The summed E-state index contributed by atoms with van der Waals surface area (Å²) in [7, 11) is -3.51. The normalized spacial score (nSPS) is 16.6. The maximum atomic E-state index is 13.3. The Labute approximate surface area is 165 Å². The fraction of sp³-hybridized carbons (Fsp3) is 0.400. The van der Waals surface area contributed by atoms with Crippen molar-refractivity contribution in [1.82, 2.24) is 9.21 Å². The molecule has 0 N–H and O–H groups in total. The number of halogens is 2. The van der Waals surface area contributed by atoms with E-state index in [1.54, 1.807) is 16.4 Å². The summed E-state index contributed by atoms with van der Waals surface area (Å²) in [6.07, 6.45) is 0. The van der Waals surface area contributed by atoms with E-state index in [4.69, 9.17) is 11.6 Å². The van der Waals surface area contributed by atoms with Gasteiger partial charge in [-0.05, 0) is 49.6 Å². The maximum Gasteiger partial charge on any atom is 0.243 e. The van der Waals surface area contributed by atoms with Crippen molar-refractivity contribution in [3.63, 3.8) is 0 Å². The summed E-state index contributed by atoms with van der Waals surface area (Å²) in [6, 6.07) is 8.52. The van der Waals surface area contributed by atoms with Gasteiger partial charge in [0.1, 0.15) is 5.82 Å². The van der Waals surface area contributed by atoms with Gasteiger partial charge in [0.2, 0.25) is 10.0 Å². The molecule has 0 amide bonds. The molecule has 0 aromatic heterocycles. The zero-order valence-electron chi connectivity index (χ0n) is 15.8. The summed E-state index contributed by atoms with van der Waals surface area (Å²) in [4.78, 5) is 2.58. The van der Waals surface area contributed by atoms with E-state index in [2.05, 4.69) is 4.90 Å². The Morgan fingerprint density at radius 2 is 1.59 bits per heavy atom. The first kappa shape index (κ1) is 20.3. The highest BCUT2D eigenvalue weighted by molar-refractivity contribution is 7.89. The van der Waals surface area contributed by atoms with Crippen molar-refractivity contribution in [1.29, 1.82) is 0 Å². The van der Waals surface area contributed by atoms with E-state index in [9.17, 15) is 12.8 Å². The van der Waals surface area contributed by atoms with Crippen molar-refractivity contribution in [2.75, 3.05) is 26.2 Å². The van der Waals surface area contributed by atoms with E-state index in [1.165, 1.54) is 6.07 Å². The second-order valence-corrected chi connectivity index (χ2v) is 9.44. The van der Waals surface area contributed by atoms with Crippen LogP contribution in [0.4, 0.5) is 4.39 Å². The second-order valence-electron chi connectivity index (χ2n) is 7.16. The largest absolute Gasteiger partial charge is 0.296 e. The van der Waals surface area contributed by atoms with E-state index in [-0.39, 0.29) is 5.02 Å². The molecule has 2 aromatic carbocycles. The number of nitrogens with zero attached hydrogens (tertiary/aromatic N) is 2. The van der Waals surface area contributed by atoms with Crippen LogP contribution in [0, 0.1) is 26.6 Å². The van der Waals surface area contributed by atoms with Crippen molar-refractivity contribution in [2.24, 2.45) is 0 Å². The lowest BCUT2D eigenvalue weighted by Crippen LogP contribution is -2.48. The zero-order chi connectivity index (χ0) is 19.8. The van der Waals surface area contributed by atoms with E-state index < -0.39 is 15.8 Å². The number of aryl methyl sites for hydroxylation is 3. The van der Waals surface area contributed by atoms with Crippen LogP contribution in [0.3, 0.4) is 0 Å². The summed E-state index contributed by atoms with van der Waals surface area (Å²) < 4.78 is 41.1. The lowest BCUT2D eigenvalue weighted by Gasteiger charge is -2.34. The molecule has 2 aromatic rings. The van der Waals surface area contributed by atoms with Crippen LogP contribution in [-0.4, -0.2) is 43.8 Å². The molecule has 0 bridgehead atoms. The lowest BCUT2D eigenvalue weighted by atomic mass is 10.1. The van der Waals surface area contributed by atoms with E-state index in [0.29, 0.717) is 37.6 Å². The number of sulfonamides is 1. The molecule has 0 atom stereocenters. The summed E-state index contributed by atoms with van der Waals surface area (Å²) in [5, 5.41) is 0.110. The van der Waals surface area contributed by atoms with Crippen LogP contribution >= 0.6 is 11.6 Å². The summed E-state index contributed by atoms with van der Waals surface area (Å²) in [5.74, 6) is -0.430. The highest BCUT2D eigenvalue weighted by Crippen LogP contribution is 2.26. The number of rotatable bonds is 4. The minimum atomic E-state index is -3.51. The highest BCUT2D eigenvalue weighted by Gasteiger charge is 2.30. The van der Waals surface area contributed by atoms with Gasteiger partial charge in [0, 0.05) is 32.7 Å². The van der Waals surface area contributed by atoms with Crippen molar-refractivity contribution in [2.45, 2.75) is 32.2 Å². The molecule has 4 nitrogen and oxygen atoms in total. The van der Waals surface area contributed by atoms with Crippen LogP contribution in [0.1, 0.15) is 22.3 Å². The first-order valence-electron chi connectivity index (χ1n) is 8.93. The van der Waals surface area contributed by atoms with Gasteiger partial charge >= 0.3 is 0 Å². The Bertz CT molecular complexity index is 931. The van der Waals surface area contributed by atoms with Gasteiger partial charge in [-0.2, -0.15) is 4.31 Å². The van der Waals surface area contributed by atoms with Gasteiger partial charge in [0.15, 0.2) is 0 Å². The smallest absolute Gasteiger partial charge is 0.243 e. The van der Waals surface area contributed by atoms with Gasteiger partial charge in [0.05, 0.1) is 9.92 Å². The van der Waals surface area contributed by atoms with E-state index in [1.807, 2.05) is 32.9 Å². The third-order valence-corrected chi connectivity index (χ3v) is 7.42. The number of hydrogen-bond donors (Lipinski definition) is 0. The van der Waals surface area contributed by atoms with Crippen molar-refractivity contribution in [3.05, 3.63) is 63.4 Å². The molecule has 1 heterocycles. The summed E-state index contributed by atoms with van der Waals surface area (Å²) in [5.41, 5.74) is 3.56. The molecule has 0 unspecified atom stereocenters. The number of hydrogen-bond acceptors (Lipinski definition) is 3. The Kier molecular flexibility index (Phi) is 5.91. The van der Waals surface area contributed by atoms with Crippen LogP contribution in [-0.2, 0) is 16.6 Å². The minimum Gasteiger partial charge on any atom is -0.296 e. The summed E-state index contributed by atoms with van der Waals surface area (Å²) in [6.45, 7) is 8.40. The molecule has 0 spiro atoms. The molecule has 7 heteroatoms. The van der Waals surface area contributed by atoms with Crippen LogP contribution in [0.15, 0.2) is 35.2 Å². The highest BCUT2D eigenvalue weighted by atomic mass is 35.5. The Morgan fingerprint density at radius 1 is 1.00 bits per heavy atom. The predicted molar refractivity (Wildman–Crippen MR) is 106 cm³/mol. The number of benzene rings is 2. The maximum absolute atomic E-state index is 13.3. The zero-order valence-corrected chi connectivity index (χ0v) is 17.4. The first-order chi connectivity index (χ1) is 12.7. The second kappa shape index (κ2) is 7.87. The summed E-state index contributed by atoms with van der Waals surface area (Å²) >= 11 is 5.84. The molecule has 1 aliphatic heterocycles. The molecule has 1 saturated heterocycles. The molecular weight excluding hydrogens is 387 g/mol. The minimum absolute atomic E-state index is 0.110. The van der Waals surface area contributed by atoms with E-state index in [0.717, 1.165) is 22.3 Å². The molecule has 1 fully saturated rings. The Morgan fingerprint density at radius 3 is 2.15 bits per heavy atom. The van der Waals surface area contributed by atoms with Crippen LogP contribution in [0.2, 0.25) is 5.02 Å². The fourth-order valence-electron chi connectivity index (χ4n) is 3.73. The third-order valence-electron chi connectivity index (χ3n) is 4.92. The van der Waals surface area contributed by atoms with Gasteiger partial charge in [-0.3, -0.25) is 4.90 Å². The molecule has 146 valence electrons. The van der Waals surface area contributed by atoms with Crippen molar-refractivity contribution >= 4 is 21.6 Å². The fourth-order valence-corrected chi connectivity index (χ4v) is 5.76. The molecule has 0 saturated carbocycles. The molecule has 0 aliphatic carbocycles. The Balaban J connectivity index is 1.70. The molecule has 0 radical (unpaired) electrons. The predicted octanol–water partition coefficient (Wildman–Crippen LogP) is 3.91. The van der Waals surface area contributed by atoms with Gasteiger partial charge in [-0.25, -0.2) is 12.8 Å². The van der Waals surface area contributed by atoms with Crippen molar-refractivity contribution < 1.29 is 12.8 Å². The SMILES string of the molecule is Cc1cc(C)c(S(=O)(=O)N2CCN(Cc3ccc(F)c(Cl)c3)CC2)c(C)c1. The topological polar surface area (TPSA) is 40.6 Å². The molecule has 27 heavy (non-hydrogen) atoms. The molecular formula is C20H24ClFN2O2S. The monoisotopic (exact) mass is 410 g/mol. The standard InChI is InChI=1S/C20H24ClFN2O2S/c1-14-10-15(2)20(16(3)11-14)27(25,26)24-8-6-23(7-9-24)13-17-4-5-19(22)18(21)12-17/h4-5,10-12H,6-9,13H2,1-3H3. The number of piperazine rings is 1. The van der Waals surface area contributed by atoms with Crippen LogP contribution in [0.5, 0.6) is 0 Å². The van der Waals surface area contributed by atoms with Crippen LogP contribution < -0.4 is 0 Å². The molecule has 1 aliphatic rings. The average Bonchev–Trinajstić information content (AvgIpc) is 2.57. The first-order valence-corrected chi connectivity index (χ1v) is 10.7. The third kappa shape index (κ3) is 4.35. The van der Waals surface area contributed by atoms with Crippen molar-refractivity contribution in [3.8, 4) is 0 Å². The van der Waals surface area contributed by atoms with Gasteiger partial charge < -0.3 is 0 Å². The quantitative estimate of drug-likeness (QED) is 0.767. The lowest BCUT2D eigenvalue weighted by molar-refractivity contribution is 0.181. The van der Waals surface area contributed by atoms with Gasteiger partial charge in [-0.15, -0.1) is 0 Å². The van der Waals surface area contributed by atoms with Crippen LogP contribution in [0.25, 0.3) is 0 Å². The van der Waals surface area contributed by atoms with Gasteiger partial charge in [0.25, 0.3) is 0 Å². The Hall–Kier alpha value is -1.47. The van der Waals surface area contributed by atoms with E-state index >= 15 is 0 Å².